The maximum absolute atomic E-state index is 12.2. The predicted molar refractivity (Wildman–Crippen MR) is 113 cm³/mol. The number of benzene rings is 2. The number of nitrogens with one attached hydrogen (secondary N) is 2. The van der Waals surface area contributed by atoms with E-state index in [1.165, 1.54) is 0 Å². The molecule has 2 aromatic carbocycles. The van der Waals surface area contributed by atoms with E-state index in [0.717, 1.165) is 5.75 Å². The second-order valence-electron chi connectivity index (χ2n) is 6.04. The van der Waals surface area contributed by atoms with Crippen molar-refractivity contribution in [2.24, 2.45) is 0 Å². The van der Waals surface area contributed by atoms with Gasteiger partial charge in [0.1, 0.15) is 5.75 Å². The summed E-state index contributed by atoms with van der Waals surface area (Å²) in [6, 6.07) is 12.1. The molecule has 0 aromatic heterocycles. The SMILES string of the molecule is CCN(CCC(=O)Nc1c(Cl)cccc1Cl)CC(=O)Nc1ccc(OC)cc1. The van der Waals surface area contributed by atoms with Gasteiger partial charge in [0, 0.05) is 18.7 Å². The third kappa shape index (κ3) is 6.71. The van der Waals surface area contributed by atoms with Gasteiger partial charge in [-0.15, -0.1) is 0 Å². The van der Waals surface area contributed by atoms with Crippen LogP contribution >= 0.6 is 23.2 Å². The molecule has 150 valence electrons. The van der Waals surface area contributed by atoms with Gasteiger partial charge in [0.05, 0.1) is 29.4 Å². The molecule has 2 amide bonds. The van der Waals surface area contributed by atoms with Crippen LogP contribution in [-0.2, 0) is 9.59 Å². The van der Waals surface area contributed by atoms with Crippen molar-refractivity contribution < 1.29 is 14.3 Å². The fraction of sp³-hybridized carbons (Fsp3) is 0.300. The van der Waals surface area contributed by atoms with Gasteiger partial charge in [-0.2, -0.15) is 0 Å². The van der Waals surface area contributed by atoms with Gasteiger partial charge in [0.25, 0.3) is 0 Å². The van der Waals surface area contributed by atoms with Gasteiger partial charge in [-0.1, -0.05) is 36.2 Å². The fourth-order valence-electron chi connectivity index (χ4n) is 2.51. The van der Waals surface area contributed by atoms with Crippen molar-refractivity contribution in [3.63, 3.8) is 0 Å². The smallest absolute Gasteiger partial charge is 0.238 e. The molecule has 0 fully saturated rings. The van der Waals surface area contributed by atoms with Crippen LogP contribution in [0.4, 0.5) is 11.4 Å². The van der Waals surface area contributed by atoms with E-state index in [-0.39, 0.29) is 24.8 Å². The predicted octanol–water partition coefficient (Wildman–Crippen LogP) is 4.29. The minimum absolute atomic E-state index is 0.151. The highest BCUT2D eigenvalue weighted by Crippen LogP contribution is 2.29. The molecule has 0 saturated heterocycles. The largest absolute Gasteiger partial charge is 0.497 e. The average molecular weight is 424 g/mol. The summed E-state index contributed by atoms with van der Waals surface area (Å²) >= 11 is 12.1. The van der Waals surface area contributed by atoms with E-state index in [0.29, 0.717) is 34.5 Å². The zero-order valence-corrected chi connectivity index (χ0v) is 17.3. The first kappa shape index (κ1) is 22.0. The molecule has 0 radical (unpaired) electrons. The third-order valence-corrected chi connectivity index (χ3v) is 4.70. The van der Waals surface area contributed by atoms with Crippen LogP contribution in [0.3, 0.4) is 0 Å². The molecule has 28 heavy (non-hydrogen) atoms. The molecule has 0 aliphatic heterocycles. The van der Waals surface area contributed by atoms with Crippen LogP contribution in [0.2, 0.25) is 10.0 Å². The minimum atomic E-state index is -0.219. The lowest BCUT2D eigenvalue weighted by atomic mass is 10.3. The Labute approximate surface area is 174 Å². The van der Waals surface area contributed by atoms with Gasteiger partial charge in [-0.05, 0) is 42.9 Å². The van der Waals surface area contributed by atoms with Crippen LogP contribution < -0.4 is 15.4 Å². The Morgan fingerprint density at radius 3 is 2.21 bits per heavy atom. The molecule has 0 unspecified atom stereocenters. The Hall–Kier alpha value is -2.28. The Morgan fingerprint density at radius 1 is 1.00 bits per heavy atom. The topological polar surface area (TPSA) is 70.7 Å². The van der Waals surface area contributed by atoms with Crippen molar-refractivity contribution in [3.05, 3.63) is 52.5 Å². The molecule has 6 nitrogen and oxygen atoms in total. The number of carbonyl (C=O) groups excluding carboxylic acids is 2. The number of halogens is 2. The Kier molecular flexibility index (Phi) is 8.57. The average Bonchev–Trinajstić information content (AvgIpc) is 2.68. The number of methoxy groups -OCH3 is 1. The van der Waals surface area contributed by atoms with Crippen molar-refractivity contribution in [2.75, 3.05) is 37.4 Å². The molecule has 0 heterocycles. The van der Waals surface area contributed by atoms with Crippen molar-refractivity contribution in [2.45, 2.75) is 13.3 Å². The van der Waals surface area contributed by atoms with E-state index >= 15 is 0 Å². The highest BCUT2D eigenvalue weighted by Gasteiger charge is 2.13. The number of ether oxygens (including phenoxy) is 1. The second kappa shape index (κ2) is 10.9. The maximum atomic E-state index is 12.2. The lowest BCUT2D eigenvalue weighted by molar-refractivity contribution is -0.119. The van der Waals surface area contributed by atoms with Crippen LogP contribution in [0.25, 0.3) is 0 Å². The van der Waals surface area contributed by atoms with Crippen molar-refractivity contribution in [1.82, 2.24) is 4.90 Å². The van der Waals surface area contributed by atoms with Gasteiger partial charge in [0.2, 0.25) is 11.8 Å². The quantitative estimate of drug-likeness (QED) is 0.630. The molecule has 0 atom stereocenters. The molecule has 2 aromatic rings. The van der Waals surface area contributed by atoms with Crippen LogP contribution in [0.15, 0.2) is 42.5 Å². The molecule has 0 spiro atoms. The van der Waals surface area contributed by atoms with E-state index in [2.05, 4.69) is 10.6 Å². The van der Waals surface area contributed by atoms with Gasteiger partial charge in [-0.3, -0.25) is 14.5 Å². The summed E-state index contributed by atoms with van der Waals surface area (Å²) in [5.74, 6) is 0.350. The monoisotopic (exact) mass is 423 g/mol. The third-order valence-electron chi connectivity index (χ3n) is 4.07. The van der Waals surface area contributed by atoms with E-state index < -0.39 is 0 Å². The maximum Gasteiger partial charge on any atom is 0.238 e. The van der Waals surface area contributed by atoms with Gasteiger partial charge < -0.3 is 15.4 Å². The van der Waals surface area contributed by atoms with Crippen LogP contribution in [0.1, 0.15) is 13.3 Å². The van der Waals surface area contributed by atoms with E-state index in [1.54, 1.807) is 49.6 Å². The number of amides is 2. The Morgan fingerprint density at radius 2 is 1.64 bits per heavy atom. The highest BCUT2D eigenvalue weighted by molar-refractivity contribution is 6.39. The van der Waals surface area contributed by atoms with E-state index in [1.807, 2.05) is 11.8 Å². The molecule has 0 saturated carbocycles. The number of nitrogens with zero attached hydrogens (tertiary/aromatic N) is 1. The molecule has 2 rings (SSSR count). The van der Waals surface area contributed by atoms with Crippen LogP contribution in [0.5, 0.6) is 5.75 Å². The molecule has 2 N–H and O–H groups in total. The fourth-order valence-corrected chi connectivity index (χ4v) is 3.00. The van der Waals surface area contributed by atoms with Gasteiger partial charge in [-0.25, -0.2) is 0 Å². The number of anilines is 2. The van der Waals surface area contributed by atoms with Crippen LogP contribution in [0, 0.1) is 0 Å². The van der Waals surface area contributed by atoms with Gasteiger partial charge >= 0.3 is 0 Å². The normalized spacial score (nSPS) is 10.6. The number of carbonyl (C=O) groups is 2. The number of hydrogen-bond acceptors (Lipinski definition) is 4. The summed E-state index contributed by atoms with van der Waals surface area (Å²) in [4.78, 5) is 26.3. The lowest BCUT2D eigenvalue weighted by Gasteiger charge is -2.20. The first-order chi connectivity index (χ1) is 13.4. The van der Waals surface area contributed by atoms with Crippen molar-refractivity contribution in [3.8, 4) is 5.75 Å². The Bertz CT molecular complexity index is 793. The summed E-state index contributed by atoms with van der Waals surface area (Å²) in [5.41, 5.74) is 1.09. The van der Waals surface area contributed by atoms with Crippen molar-refractivity contribution >= 4 is 46.4 Å². The van der Waals surface area contributed by atoms with Gasteiger partial charge in [0.15, 0.2) is 0 Å². The number of rotatable bonds is 9. The molecule has 0 aliphatic carbocycles. The summed E-state index contributed by atoms with van der Waals surface area (Å²) in [6.07, 6.45) is 0.213. The van der Waals surface area contributed by atoms with E-state index in [9.17, 15) is 9.59 Å². The van der Waals surface area contributed by atoms with Crippen molar-refractivity contribution in [1.29, 1.82) is 0 Å². The number of para-hydroxylation sites is 1. The molecule has 0 aliphatic rings. The lowest BCUT2D eigenvalue weighted by Crippen LogP contribution is -2.35. The number of hydrogen-bond donors (Lipinski definition) is 2. The molecular weight excluding hydrogens is 401 g/mol. The van der Waals surface area contributed by atoms with Crippen LogP contribution in [-0.4, -0.2) is 43.5 Å². The zero-order valence-electron chi connectivity index (χ0n) is 15.8. The summed E-state index contributed by atoms with van der Waals surface area (Å²) in [5, 5.41) is 6.31. The second-order valence-corrected chi connectivity index (χ2v) is 6.85. The summed E-state index contributed by atoms with van der Waals surface area (Å²) in [6.45, 7) is 3.18. The summed E-state index contributed by atoms with van der Waals surface area (Å²) < 4.78 is 5.09. The Balaban J connectivity index is 1.82. The molecular formula is C20H23Cl2N3O3. The number of likely N-dealkylation sites (N-methyl/N-ethyl adjacent to an activating group) is 1. The minimum Gasteiger partial charge on any atom is -0.497 e. The zero-order chi connectivity index (χ0) is 20.5. The summed E-state index contributed by atoms with van der Waals surface area (Å²) in [7, 11) is 1.59. The van der Waals surface area contributed by atoms with E-state index in [4.69, 9.17) is 27.9 Å². The first-order valence-electron chi connectivity index (χ1n) is 8.83. The standard InChI is InChI=1S/C20H23Cl2N3O3/c1-3-25(13-19(27)23-14-7-9-15(28-2)10-8-14)12-11-18(26)24-20-16(21)5-4-6-17(20)22/h4-10H,3,11-13H2,1-2H3,(H,23,27)(H,24,26). The highest BCUT2D eigenvalue weighted by atomic mass is 35.5. The molecule has 8 heteroatoms. The first-order valence-corrected chi connectivity index (χ1v) is 9.58. The molecule has 0 bridgehead atoms.